The summed E-state index contributed by atoms with van der Waals surface area (Å²) in [4.78, 5) is 6.71. The van der Waals surface area contributed by atoms with Crippen LogP contribution in [-0.2, 0) is 0 Å². The van der Waals surface area contributed by atoms with Crippen molar-refractivity contribution in [1.82, 2.24) is 24.9 Å². The first-order chi connectivity index (χ1) is 20.8. The molecule has 1 aliphatic rings. The Kier molecular flexibility index (Phi) is 8.13. The molecule has 12 heteroatoms. The van der Waals surface area contributed by atoms with Gasteiger partial charge in [0.25, 0.3) is 0 Å². The van der Waals surface area contributed by atoms with Crippen LogP contribution in [0.2, 0.25) is 10.0 Å². The Bertz CT molecular complexity index is 1830. The maximum absolute atomic E-state index is 13.9. The lowest BCUT2D eigenvalue weighted by molar-refractivity contribution is 0.210. The standard InChI is InChI=1S/C31H26Cl2F2N8/c1-42-10-8-23(9-11-42)43-17-28(40-41-43)30(18-2-4-20(34)5-3-18)39-22-12-24-29(38-21-6-7-27(35)25(32)13-21)19(15-36)16-37-31(24)26(33)14-22/h2-7,12-14,16-17,23,30,39H,8-11H2,1H3,(H,37,38)/t30-/m0/s1. The average Bonchev–Trinajstić information content (AvgIpc) is 3.49. The Morgan fingerprint density at radius 3 is 2.47 bits per heavy atom. The van der Waals surface area contributed by atoms with Gasteiger partial charge in [-0.25, -0.2) is 13.5 Å². The van der Waals surface area contributed by atoms with E-state index in [2.05, 4.69) is 43.9 Å². The molecule has 2 N–H and O–H groups in total. The smallest absolute Gasteiger partial charge is 0.141 e. The third kappa shape index (κ3) is 6.11. The van der Waals surface area contributed by atoms with Crippen molar-refractivity contribution >= 4 is 51.2 Å². The minimum atomic E-state index is -0.554. The second-order valence-corrected chi connectivity index (χ2v) is 11.4. The maximum Gasteiger partial charge on any atom is 0.141 e. The fraction of sp³-hybridized carbons (Fsp3) is 0.226. The number of piperidine rings is 1. The van der Waals surface area contributed by atoms with Crippen molar-refractivity contribution in [3.05, 3.63) is 105 Å². The number of halogens is 4. The molecular weight excluding hydrogens is 593 g/mol. The van der Waals surface area contributed by atoms with Crippen molar-refractivity contribution < 1.29 is 8.78 Å². The number of nitrogens with one attached hydrogen (secondary N) is 2. The molecule has 8 nitrogen and oxygen atoms in total. The van der Waals surface area contributed by atoms with Crippen LogP contribution in [0, 0.1) is 23.0 Å². The van der Waals surface area contributed by atoms with Gasteiger partial charge in [-0.05, 0) is 81.0 Å². The third-order valence-corrected chi connectivity index (χ3v) is 8.21. The molecule has 0 radical (unpaired) electrons. The molecule has 0 aliphatic carbocycles. The van der Waals surface area contributed by atoms with Crippen LogP contribution in [0.3, 0.4) is 0 Å². The summed E-state index contributed by atoms with van der Waals surface area (Å²) in [6.45, 7) is 1.96. The average molecular weight is 620 g/mol. The second kappa shape index (κ2) is 12.1. The summed E-state index contributed by atoms with van der Waals surface area (Å²) in [7, 11) is 2.11. The molecule has 1 fully saturated rings. The first kappa shape index (κ1) is 28.8. The molecule has 1 saturated heterocycles. The minimum Gasteiger partial charge on any atom is -0.373 e. The van der Waals surface area contributed by atoms with Crippen molar-refractivity contribution in [3.63, 3.8) is 0 Å². The molecular formula is C31H26Cl2F2N8. The largest absolute Gasteiger partial charge is 0.373 e. The van der Waals surface area contributed by atoms with E-state index in [4.69, 9.17) is 23.2 Å². The molecule has 0 unspecified atom stereocenters. The van der Waals surface area contributed by atoms with Crippen LogP contribution in [0.5, 0.6) is 0 Å². The van der Waals surface area contributed by atoms with E-state index >= 15 is 0 Å². The van der Waals surface area contributed by atoms with Crippen LogP contribution in [0.25, 0.3) is 10.9 Å². The van der Waals surface area contributed by atoms with E-state index in [0.29, 0.717) is 38.7 Å². The fourth-order valence-electron chi connectivity index (χ4n) is 5.29. The van der Waals surface area contributed by atoms with E-state index in [-0.39, 0.29) is 22.4 Å². The quantitative estimate of drug-likeness (QED) is 0.195. The van der Waals surface area contributed by atoms with Crippen LogP contribution in [0.1, 0.15) is 41.7 Å². The zero-order chi connectivity index (χ0) is 30.1. The van der Waals surface area contributed by atoms with E-state index in [1.807, 2.05) is 16.9 Å². The highest BCUT2D eigenvalue weighted by atomic mass is 35.5. The van der Waals surface area contributed by atoms with Gasteiger partial charge in [0.2, 0.25) is 0 Å². The Hall–Kier alpha value is -4.30. The number of nitriles is 1. The van der Waals surface area contributed by atoms with Crippen molar-refractivity contribution in [3.8, 4) is 6.07 Å². The van der Waals surface area contributed by atoms with Gasteiger partial charge in [-0.2, -0.15) is 5.26 Å². The zero-order valence-electron chi connectivity index (χ0n) is 23.0. The first-order valence-corrected chi connectivity index (χ1v) is 14.4. The summed E-state index contributed by atoms with van der Waals surface area (Å²) in [5.41, 5.74) is 3.69. The molecule has 0 spiro atoms. The lowest BCUT2D eigenvalue weighted by atomic mass is 10.0. The van der Waals surface area contributed by atoms with Crippen LogP contribution >= 0.6 is 23.2 Å². The number of hydrogen-bond donors (Lipinski definition) is 2. The van der Waals surface area contributed by atoms with Gasteiger partial charge in [0.15, 0.2) is 0 Å². The number of anilines is 3. The van der Waals surface area contributed by atoms with Gasteiger partial charge in [0.05, 0.1) is 45.1 Å². The van der Waals surface area contributed by atoms with Gasteiger partial charge in [0, 0.05) is 23.0 Å². The highest BCUT2D eigenvalue weighted by Gasteiger charge is 2.24. The number of rotatable bonds is 7. The van der Waals surface area contributed by atoms with Crippen molar-refractivity contribution in [2.45, 2.75) is 24.9 Å². The molecule has 1 aliphatic heterocycles. The van der Waals surface area contributed by atoms with Gasteiger partial charge >= 0.3 is 0 Å². The summed E-state index contributed by atoms with van der Waals surface area (Å²) in [6.07, 6.45) is 5.30. The summed E-state index contributed by atoms with van der Waals surface area (Å²) < 4.78 is 29.6. The molecule has 3 aromatic carbocycles. The molecule has 1 atom stereocenters. The Morgan fingerprint density at radius 1 is 1.00 bits per heavy atom. The predicted octanol–water partition coefficient (Wildman–Crippen LogP) is 7.49. The van der Waals surface area contributed by atoms with Crippen molar-refractivity contribution in [1.29, 1.82) is 5.26 Å². The molecule has 0 bridgehead atoms. The lowest BCUT2D eigenvalue weighted by Gasteiger charge is -2.28. The van der Waals surface area contributed by atoms with E-state index in [1.54, 1.807) is 18.2 Å². The third-order valence-electron chi connectivity index (χ3n) is 7.63. The van der Waals surface area contributed by atoms with E-state index < -0.39 is 11.9 Å². The first-order valence-electron chi connectivity index (χ1n) is 13.7. The highest BCUT2D eigenvalue weighted by Crippen LogP contribution is 2.37. The number of fused-ring (bicyclic) bond motifs is 1. The monoisotopic (exact) mass is 618 g/mol. The van der Waals surface area contributed by atoms with Gasteiger partial charge in [-0.15, -0.1) is 5.10 Å². The number of hydrogen-bond acceptors (Lipinski definition) is 7. The van der Waals surface area contributed by atoms with Crippen molar-refractivity contribution in [2.24, 2.45) is 0 Å². The van der Waals surface area contributed by atoms with Gasteiger partial charge in [0.1, 0.15) is 23.4 Å². The summed E-state index contributed by atoms with van der Waals surface area (Å²) >= 11 is 12.7. The number of nitrogens with zero attached hydrogens (tertiary/aromatic N) is 6. The molecule has 43 heavy (non-hydrogen) atoms. The molecule has 0 amide bonds. The maximum atomic E-state index is 13.9. The number of pyridine rings is 1. The minimum absolute atomic E-state index is 0.0577. The molecule has 218 valence electrons. The fourth-order valence-corrected chi connectivity index (χ4v) is 5.74. The Morgan fingerprint density at radius 2 is 1.74 bits per heavy atom. The number of benzene rings is 3. The van der Waals surface area contributed by atoms with E-state index in [0.717, 1.165) is 31.5 Å². The lowest BCUT2D eigenvalue weighted by Crippen LogP contribution is -2.31. The van der Waals surface area contributed by atoms with Crippen molar-refractivity contribution in [2.75, 3.05) is 30.8 Å². The molecule has 6 rings (SSSR count). The SMILES string of the molecule is CN1CCC(n2cc([C@@H](Nc3cc(Cl)c4ncc(C#N)c(Nc5ccc(F)c(Cl)c5)c4c3)c3ccc(F)cc3)nn2)CC1. The second-order valence-electron chi connectivity index (χ2n) is 10.6. The molecule has 0 saturated carbocycles. The van der Waals surface area contributed by atoms with Gasteiger partial charge < -0.3 is 15.5 Å². The Labute approximate surface area is 256 Å². The van der Waals surface area contributed by atoms with Crippen LogP contribution in [0.15, 0.2) is 67.0 Å². The number of likely N-dealkylation sites (tertiary alicyclic amines) is 1. The summed E-state index contributed by atoms with van der Waals surface area (Å²) in [5.74, 6) is -0.903. The normalized spacial score (nSPS) is 14.9. The highest BCUT2D eigenvalue weighted by molar-refractivity contribution is 6.36. The van der Waals surface area contributed by atoms with Gasteiger partial charge in [-0.3, -0.25) is 4.98 Å². The van der Waals surface area contributed by atoms with E-state index in [9.17, 15) is 14.0 Å². The summed E-state index contributed by atoms with van der Waals surface area (Å²) in [6, 6.07) is 15.9. The van der Waals surface area contributed by atoms with Crippen LogP contribution < -0.4 is 10.6 Å². The predicted molar refractivity (Wildman–Crippen MR) is 164 cm³/mol. The zero-order valence-corrected chi connectivity index (χ0v) is 24.5. The van der Waals surface area contributed by atoms with Gasteiger partial charge in [-0.1, -0.05) is 40.5 Å². The Balaban J connectivity index is 1.40. The molecule has 2 aromatic heterocycles. The van der Waals surface area contributed by atoms with E-state index in [1.165, 1.54) is 36.5 Å². The topological polar surface area (TPSA) is 94.7 Å². The molecule has 3 heterocycles. The van der Waals surface area contributed by atoms with Crippen LogP contribution in [0.4, 0.5) is 25.8 Å². The number of aromatic nitrogens is 4. The molecule has 5 aromatic rings. The summed E-state index contributed by atoms with van der Waals surface area (Å²) in [5, 5.41) is 26.3. The van der Waals surface area contributed by atoms with Crippen LogP contribution in [-0.4, -0.2) is 45.0 Å².